The third kappa shape index (κ3) is 12.6. The number of rotatable bonds is 5. The van der Waals surface area contributed by atoms with Crippen molar-refractivity contribution in [1.29, 1.82) is 0 Å². The summed E-state index contributed by atoms with van der Waals surface area (Å²) in [7, 11) is -4.35. The SMILES string of the molecule is CC(C)(C)OC(=O)NC(CO)CCS(=O)(=O)[O-].[Na+]. The molecule has 0 aromatic heterocycles. The maximum absolute atomic E-state index is 11.3. The molecule has 0 aliphatic heterocycles. The Balaban J connectivity index is 0. The van der Waals surface area contributed by atoms with Crippen molar-refractivity contribution in [2.45, 2.75) is 38.8 Å². The standard InChI is InChI=1S/C9H19NO6S.Na/c1-9(2,3)16-8(12)10-7(6-11)4-5-17(13,14)15;/h7,11H,4-6H2,1-3H3,(H,10,12)(H,13,14,15);/q;+1/p-1. The normalized spacial score (nSPS) is 13.4. The summed E-state index contributed by atoms with van der Waals surface area (Å²) in [5, 5.41) is 11.2. The molecule has 1 unspecified atom stereocenters. The van der Waals surface area contributed by atoms with Crippen LogP contribution in [0.15, 0.2) is 0 Å². The summed E-state index contributed by atoms with van der Waals surface area (Å²) in [6.45, 7) is 4.54. The topological polar surface area (TPSA) is 116 Å². The van der Waals surface area contributed by atoms with E-state index in [1.807, 2.05) is 0 Å². The second kappa shape index (κ2) is 8.34. The van der Waals surface area contributed by atoms with Gasteiger partial charge in [-0.25, -0.2) is 13.2 Å². The first-order valence-electron chi connectivity index (χ1n) is 5.07. The number of hydrogen-bond donors (Lipinski definition) is 2. The van der Waals surface area contributed by atoms with Gasteiger partial charge in [0.15, 0.2) is 0 Å². The van der Waals surface area contributed by atoms with Crippen LogP contribution in [0.25, 0.3) is 0 Å². The number of aliphatic hydroxyl groups excluding tert-OH is 1. The molecule has 2 N–H and O–H groups in total. The van der Waals surface area contributed by atoms with Crippen molar-refractivity contribution in [1.82, 2.24) is 5.32 Å². The maximum Gasteiger partial charge on any atom is 1.00 e. The van der Waals surface area contributed by atoms with E-state index in [0.29, 0.717) is 0 Å². The Hall–Kier alpha value is 0.140. The van der Waals surface area contributed by atoms with Gasteiger partial charge in [-0.05, 0) is 27.2 Å². The van der Waals surface area contributed by atoms with E-state index in [9.17, 15) is 17.8 Å². The number of ether oxygens (including phenoxy) is 1. The number of carbonyl (C=O) groups is 1. The van der Waals surface area contributed by atoms with Gasteiger partial charge in [-0.15, -0.1) is 0 Å². The molecule has 7 nitrogen and oxygen atoms in total. The molecule has 0 saturated heterocycles. The average molecular weight is 291 g/mol. The van der Waals surface area contributed by atoms with Gasteiger partial charge in [0.1, 0.15) is 5.60 Å². The summed E-state index contributed by atoms with van der Waals surface area (Å²) in [4.78, 5) is 11.3. The number of alkyl carbamates (subject to hydrolysis) is 1. The minimum atomic E-state index is -4.35. The molecule has 0 fully saturated rings. The van der Waals surface area contributed by atoms with E-state index < -0.39 is 40.2 Å². The van der Waals surface area contributed by atoms with Gasteiger partial charge in [-0.2, -0.15) is 0 Å². The molecule has 0 radical (unpaired) electrons. The Morgan fingerprint density at radius 3 is 2.28 bits per heavy atom. The Labute approximate surface area is 129 Å². The quantitative estimate of drug-likeness (QED) is 0.407. The molecule has 0 aliphatic rings. The molecule has 9 heteroatoms. The molecular formula is C9H18NNaO6S. The van der Waals surface area contributed by atoms with Crippen molar-refractivity contribution < 1.29 is 57.2 Å². The fourth-order valence-corrected chi connectivity index (χ4v) is 1.54. The first kappa shape index (κ1) is 20.5. The van der Waals surface area contributed by atoms with Gasteiger partial charge >= 0.3 is 35.7 Å². The summed E-state index contributed by atoms with van der Waals surface area (Å²) < 4.78 is 36.1. The molecule has 0 aromatic carbocycles. The van der Waals surface area contributed by atoms with Crippen molar-refractivity contribution in [2.75, 3.05) is 12.4 Å². The second-order valence-electron chi connectivity index (χ2n) is 4.58. The van der Waals surface area contributed by atoms with Crippen LogP contribution >= 0.6 is 0 Å². The first-order valence-corrected chi connectivity index (χ1v) is 6.65. The van der Waals surface area contributed by atoms with Crippen LogP contribution in [-0.4, -0.2) is 48.2 Å². The number of hydrogen-bond acceptors (Lipinski definition) is 6. The van der Waals surface area contributed by atoms with Gasteiger partial charge in [0.05, 0.1) is 22.8 Å². The van der Waals surface area contributed by atoms with E-state index in [1.54, 1.807) is 20.8 Å². The Morgan fingerprint density at radius 2 is 1.94 bits per heavy atom. The molecule has 18 heavy (non-hydrogen) atoms. The molecule has 102 valence electrons. The Morgan fingerprint density at radius 1 is 1.44 bits per heavy atom. The van der Waals surface area contributed by atoms with E-state index in [4.69, 9.17) is 9.84 Å². The Kier molecular flexibility index (Phi) is 9.48. The summed E-state index contributed by atoms with van der Waals surface area (Å²) in [5.41, 5.74) is -0.686. The third-order valence-electron chi connectivity index (χ3n) is 1.66. The fraction of sp³-hybridized carbons (Fsp3) is 0.889. The van der Waals surface area contributed by atoms with E-state index >= 15 is 0 Å². The van der Waals surface area contributed by atoms with Crippen LogP contribution in [0.2, 0.25) is 0 Å². The van der Waals surface area contributed by atoms with Gasteiger partial charge < -0.3 is 19.7 Å². The van der Waals surface area contributed by atoms with Crippen LogP contribution in [0, 0.1) is 0 Å². The van der Waals surface area contributed by atoms with Gasteiger partial charge in [0.2, 0.25) is 0 Å². The van der Waals surface area contributed by atoms with Gasteiger partial charge in [0, 0.05) is 5.75 Å². The number of amides is 1. The number of aliphatic hydroxyl groups is 1. The zero-order chi connectivity index (χ0) is 13.7. The zero-order valence-corrected chi connectivity index (χ0v) is 13.9. The van der Waals surface area contributed by atoms with E-state index in [2.05, 4.69) is 5.32 Å². The minimum absolute atomic E-state index is 0. The number of carbonyl (C=O) groups excluding carboxylic acids is 1. The van der Waals surface area contributed by atoms with Gasteiger partial charge in [-0.1, -0.05) is 0 Å². The Bertz CT molecular complexity index is 351. The summed E-state index contributed by atoms with van der Waals surface area (Å²) in [5.74, 6) is -0.645. The van der Waals surface area contributed by atoms with Crippen LogP contribution in [0.5, 0.6) is 0 Å². The van der Waals surface area contributed by atoms with Crippen LogP contribution in [0.1, 0.15) is 27.2 Å². The maximum atomic E-state index is 11.3. The predicted molar refractivity (Wildman–Crippen MR) is 59.4 cm³/mol. The van der Waals surface area contributed by atoms with Crippen LogP contribution in [0.3, 0.4) is 0 Å². The molecular weight excluding hydrogens is 273 g/mol. The van der Waals surface area contributed by atoms with Crippen molar-refractivity contribution in [3.63, 3.8) is 0 Å². The molecule has 0 heterocycles. The van der Waals surface area contributed by atoms with Crippen LogP contribution in [-0.2, 0) is 14.9 Å². The molecule has 0 bridgehead atoms. The minimum Gasteiger partial charge on any atom is -0.748 e. The first-order chi connectivity index (χ1) is 7.53. The fourth-order valence-electron chi connectivity index (χ4n) is 0.970. The third-order valence-corrected chi connectivity index (χ3v) is 2.39. The van der Waals surface area contributed by atoms with Crippen LogP contribution < -0.4 is 34.9 Å². The van der Waals surface area contributed by atoms with Gasteiger partial charge in [0.25, 0.3) is 0 Å². The van der Waals surface area contributed by atoms with E-state index in [-0.39, 0.29) is 36.0 Å². The zero-order valence-electron chi connectivity index (χ0n) is 11.1. The van der Waals surface area contributed by atoms with Crippen molar-refractivity contribution in [3.05, 3.63) is 0 Å². The van der Waals surface area contributed by atoms with Crippen LogP contribution in [0.4, 0.5) is 4.79 Å². The summed E-state index contributed by atoms with van der Waals surface area (Å²) in [6, 6.07) is -0.812. The largest absolute Gasteiger partial charge is 1.00 e. The smallest absolute Gasteiger partial charge is 0.748 e. The monoisotopic (exact) mass is 291 g/mol. The van der Waals surface area contributed by atoms with Gasteiger partial charge in [-0.3, -0.25) is 0 Å². The molecule has 0 rings (SSSR count). The summed E-state index contributed by atoms with van der Waals surface area (Å²) >= 11 is 0. The van der Waals surface area contributed by atoms with Crippen molar-refractivity contribution >= 4 is 16.2 Å². The molecule has 0 spiro atoms. The molecule has 1 amide bonds. The van der Waals surface area contributed by atoms with Crippen molar-refractivity contribution in [3.8, 4) is 0 Å². The average Bonchev–Trinajstić information content (AvgIpc) is 2.07. The van der Waals surface area contributed by atoms with E-state index in [0.717, 1.165) is 0 Å². The number of nitrogens with one attached hydrogen (secondary N) is 1. The molecule has 1 atom stereocenters. The molecule has 0 aliphatic carbocycles. The molecule has 0 saturated carbocycles. The summed E-state index contributed by atoms with van der Waals surface area (Å²) in [6.07, 6.45) is -0.915. The van der Waals surface area contributed by atoms with E-state index in [1.165, 1.54) is 0 Å². The van der Waals surface area contributed by atoms with Crippen molar-refractivity contribution in [2.24, 2.45) is 0 Å². The predicted octanol–water partition coefficient (Wildman–Crippen LogP) is -3.19. The molecule has 0 aromatic rings. The second-order valence-corrected chi connectivity index (χ2v) is 6.10.